The van der Waals surface area contributed by atoms with Gasteiger partial charge in [-0.05, 0) is 48.9 Å². The first-order chi connectivity index (χ1) is 17.3. The van der Waals surface area contributed by atoms with Crippen molar-refractivity contribution in [3.8, 4) is 16.9 Å². The molecule has 0 unspecified atom stereocenters. The molecule has 176 valence electrons. The van der Waals surface area contributed by atoms with Gasteiger partial charge in [0.25, 0.3) is 5.56 Å². The Morgan fingerprint density at radius 2 is 1.51 bits per heavy atom. The molecule has 0 amide bonds. The number of nitrogens with zero attached hydrogens (tertiary/aromatic N) is 2. The molecule has 3 nitrogen and oxygen atoms in total. The maximum Gasteiger partial charge on any atom is 0.263 e. The monoisotopic (exact) mass is 478 g/mol. The van der Waals surface area contributed by atoms with Crippen LogP contribution in [0.1, 0.15) is 48.8 Å². The van der Waals surface area contributed by atoms with Gasteiger partial charge in [-0.3, -0.25) is 9.36 Å². The molecule has 0 aliphatic heterocycles. The number of thioether (sulfide) groups is 1. The Morgan fingerprint density at radius 3 is 2.29 bits per heavy atom. The molecule has 2 aliphatic rings. The molecule has 0 radical (unpaired) electrons. The molecule has 2 aliphatic carbocycles. The predicted molar refractivity (Wildman–Crippen MR) is 145 cm³/mol. The molecule has 0 atom stereocenters. The van der Waals surface area contributed by atoms with E-state index in [0.717, 1.165) is 59.1 Å². The minimum Gasteiger partial charge on any atom is -0.268 e. The molecule has 3 aromatic carbocycles. The highest BCUT2D eigenvalue weighted by Gasteiger charge is 2.43. The summed E-state index contributed by atoms with van der Waals surface area (Å²) in [4.78, 5) is 19.8. The maximum atomic E-state index is 14.5. The third-order valence-electron chi connectivity index (χ3n) is 7.67. The van der Waals surface area contributed by atoms with E-state index in [1.54, 1.807) is 11.8 Å². The maximum absolute atomic E-state index is 14.5. The standard InChI is InChI=1S/C31H30N2OS/c34-29-27-28(26-17-9-8-14-24(26)22-31(27)19-10-3-11-20-31)32-30(33(29)25-15-6-2-7-16-25)35-21-18-23-12-4-1-5-13-23/h1-2,4-9,12-17H,3,10-11,18-22H2. The first-order valence-corrected chi connectivity index (χ1v) is 13.7. The van der Waals surface area contributed by atoms with Crippen molar-refractivity contribution in [3.05, 3.63) is 112 Å². The predicted octanol–water partition coefficient (Wildman–Crippen LogP) is 6.99. The number of rotatable bonds is 5. The zero-order valence-electron chi connectivity index (χ0n) is 20.0. The fraction of sp³-hybridized carbons (Fsp3) is 0.290. The Morgan fingerprint density at radius 1 is 0.829 bits per heavy atom. The van der Waals surface area contributed by atoms with Crippen molar-refractivity contribution < 1.29 is 0 Å². The first kappa shape index (κ1) is 22.4. The van der Waals surface area contributed by atoms with Gasteiger partial charge < -0.3 is 0 Å². The second-order valence-corrected chi connectivity index (χ2v) is 10.9. The fourth-order valence-corrected chi connectivity index (χ4v) is 6.99. The third kappa shape index (κ3) is 4.14. The van der Waals surface area contributed by atoms with E-state index in [1.807, 2.05) is 41.0 Å². The van der Waals surface area contributed by atoms with E-state index >= 15 is 0 Å². The van der Waals surface area contributed by atoms with Crippen LogP contribution in [0.15, 0.2) is 94.9 Å². The molecular weight excluding hydrogens is 448 g/mol. The van der Waals surface area contributed by atoms with Crippen LogP contribution in [0.2, 0.25) is 0 Å². The van der Waals surface area contributed by atoms with Crippen molar-refractivity contribution >= 4 is 11.8 Å². The highest BCUT2D eigenvalue weighted by molar-refractivity contribution is 7.99. The normalized spacial score (nSPS) is 16.0. The Labute approximate surface area is 211 Å². The summed E-state index contributed by atoms with van der Waals surface area (Å²) in [5.74, 6) is 0.870. The van der Waals surface area contributed by atoms with Gasteiger partial charge in [-0.1, -0.05) is 104 Å². The number of hydrogen-bond donors (Lipinski definition) is 0. The van der Waals surface area contributed by atoms with E-state index < -0.39 is 0 Å². The van der Waals surface area contributed by atoms with Crippen LogP contribution in [0, 0.1) is 0 Å². The van der Waals surface area contributed by atoms with Gasteiger partial charge in [0.2, 0.25) is 0 Å². The number of hydrogen-bond acceptors (Lipinski definition) is 3. The lowest BCUT2D eigenvalue weighted by Crippen LogP contribution is -2.42. The van der Waals surface area contributed by atoms with E-state index in [1.165, 1.54) is 30.4 Å². The van der Waals surface area contributed by atoms with Crippen LogP contribution >= 0.6 is 11.8 Å². The van der Waals surface area contributed by atoms with Crippen LogP contribution in [0.4, 0.5) is 0 Å². The second kappa shape index (κ2) is 9.50. The minimum absolute atomic E-state index is 0.101. The number of fused-ring (bicyclic) bond motifs is 4. The molecular formula is C31H30N2OS. The summed E-state index contributed by atoms with van der Waals surface area (Å²) in [5, 5.41) is 0.790. The van der Waals surface area contributed by atoms with Crippen molar-refractivity contribution in [2.24, 2.45) is 0 Å². The Balaban J connectivity index is 1.52. The minimum atomic E-state index is -0.101. The molecule has 6 rings (SSSR count). The van der Waals surface area contributed by atoms with Gasteiger partial charge in [-0.25, -0.2) is 4.98 Å². The van der Waals surface area contributed by atoms with E-state index in [9.17, 15) is 4.79 Å². The van der Waals surface area contributed by atoms with Crippen LogP contribution in [-0.4, -0.2) is 15.3 Å². The molecule has 1 aromatic heterocycles. The number of aromatic nitrogens is 2. The van der Waals surface area contributed by atoms with Gasteiger partial charge in [0, 0.05) is 16.7 Å². The van der Waals surface area contributed by atoms with Gasteiger partial charge in [0.1, 0.15) is 0 Å². The molecule has 1 spiro atoms. The SMILES string of the molecule is O=c1c2c(nc(SCCc3ccccc3)n1-c1ccccc1)-c1ccccc1CC21CCCCC1. The number of aryl methyl sites for hydroxylation is 1. The molecule has 1 fully saturated rings. The quantitative estimate of drug-likeness (QED) is 0.229. The summed E-state index contributed by atoms with van der Waals surface area (Å²) >= 11 is 1.69. The van der Waals surface area contributed by atoms with Crippen molar-refractivity contribution in [1.29, 1.82) is 0 Å². The number of benzene rings is 3. The van der Waals surface area contributed by atoms with Gasteiger partial charge in [-0.15, -0.1) is 0 Å². The Hall–Kier alpha value is -3.11. The van der Waals surface area contributed by atoms with E-state index in [4.69, 9.17) is 4.98 Å². The number of para-hydroxylation sites is 1. The summed E-state index contributed by atoms with van der Waals surface area (Å²) < 4.78 is 1.89. The zero-order valence-corrected chi connectivity index (χ0v) is 20.8. The van der Waals surface area contributed by atoms with Crippen LogP contribution in [0.5, 0.6) is 0 Å². The highest BCUT2D eigenvalue weighted by atomic mass is 32.2. The van der Waals surface area contributed by atoms with Crippen LogP contribution in [0.25, 0.3) is 16.9 Å². The van der Waals surface area contributed by atoms with Gasteiger partial charge in [0.15, 0.2) is 5.16 Å². The van der Waals surface area contributed by atoms with Crippen molar-refractivity contribution in [2.45, 2.75) is 55.5 Å². The fourth-order valence-electron chi connectivity index (χ4n) is 5.99. The van der Waals surface area contributed by atoms with Gasteiger partial charge in [0.05, 0.1) is 16.9 Å². The molecule has 4 heteroatoms. The molecule has 1 heterocycles. The lowest BCUT2D eigenvalue weighted by atomic mass is 9.62. The molecule has 0 saturated heterocycles. The van der Waals surface area contributed by atoms with Crippen LogP contribution in [-0.2, 0) is 18.3 Å². The molecule has 0 N–H and O–H groups in total. The summed E-state index contributed by atoms with van der Waals surface area (Å²) in [6, 6.07) is 29.2. The third-order valence-corrected chi connectivity index (χ3v) is 8.61. The summed E-state index contributed by atoms with van der Waals surface area (Å²) in [7, 11) is 0. The summed E-state index contributed by atoms with van der Waals surface area (Å²) in [6.45, 7) is 0. The average molecular weight is 479 g/mol. The second-order valence-electron chi connectivity index (χ2n) is 9.85. The van der Waals surface area contributed by atoms with Gasteiger partial charge in [-0.2, -0.15) is 0 Å². The zero-order chi connectivity index (χ0) is 23.7. The first-order valence-electron chi connectivity index (χ1n) is 12.7. The summed E-state index contributed by atoms with van der Waals surface area (Å²) in [5.41, 5.74) is 6.58. The Kier molecular flexibility index (Phi) is 6.07. The molecule has 0 bridgehead atoms. The molecule has 4 aromatic rings. The summed E-state index contributed by atoms with van der Waals surface area (Å²) in [6.07, 6.45) is 7.64. The molecule has 1 saturated carbocycles. The molecule has 35 heavy (non-hydrogen) atoms. The van der Waals surface area contributed by atoms with E-state index in [-0.39, 0.29) is 11.0 Å². The van der Waals surface area contributed by atoms with E-state index in [2.05, 4.69) is 48.5 Å². The highest BCUT2D eigenvalue weighted by Crippen LogP contribution is 2.49. The lowest BCUT2D eigenvalue weighted by Gasteiger charge is -2.42. The smallest absolute Gasteiger partial charge is 0.263 e. The van der Waals surface area contributed by atoms with Crippen molar-refractivity contribution in [1.82, 2.24) is 9.55 Å². The van der Waals surface area contributed by atoms with E-state index in [0.29, 0.717) is 0 Å². The topological polar surface area (TPSA) is 34.9 Å². The lowest BCUT2D eigenvalue weighted by molar-refractivity contribution is 0.283. The van der Waals surface area contributed by atoms with Gasteiger partial charge >= 0.3 is 0 Å². The van der Waals surface area contributed by atoms with Crippen LogP contribution in [0.3, 0.4) is 0 Å². The van der Waals surface area contributed by atoms with Crippen molar-refractivity contribution in [2.75, 3.05) is 5.75 Å². The largest absolute Gasteiger partial charge is 0.268 e. The van der Waals surface area contributed by atoms with Crippen molar-refractivity contribution in [3.63, 3.8) is 0 Å². The average Bonchev–Trinajstić information content (AvgIpc) is 2.90. The van der Waals surface area contributed by atoms with Crippen LogP contribution < -0.4 is 5.56 Å². The Bertz CT molecular complexity index is 1390.